The van der Waals surface area contributed by atoms with E-state index in [1.54, 1.807) is 12.1 Å². The highest BCUT2D eigenvalue weighted by atomic mass is 35.5. The number of halogens is 2. The Labute approximate surface area is 178 Å². The summed E-state index contributed by atoms with van der Waals surface area (Å²) in [6.07, 6.45) is 0. The molecule has 0 saturated heterocycles. The number of benzene rings is 3. The Kier molecular flexibility index (Phi) is 5.53. The van der Waals surface area contributed by atoms with Gasteiger partial charge in [0.15, 0.2) is 0 Å². The standard InChI is InChI=1S/C22H18Cl2N4O/c23-16-8-6-15(7-9-16)22-26-19-11-10-17(24)12-18(19)21(14-4-2-1-3-5-14)28(22)13-20(29)27-25/h1-12,21H,13,25H2,(H,27,29)/t21-/m1/s1. The summed E-state index contributed by atoms with van der Waals surface area (Å²) >= 11 is 12.4. The molecule has 0 spiro atoms. The lowest BCUT2D eigenvalue weighted by molar-refractivity contribution is -0.121. The van der Waals surface area contributed by atoms with Gasteiger partial charge in [-0.3, -0.25) is 10.2 Å². The summed E-state index contributed by atoms with van der Waals surface area (Å²) in [6, 6.07) is 22.6. The van der Waals surface area contributed by atoms with E-state index >= 15 is 0 Å². The second-order valence-electron chi connectivity index (χ2n) is 6.65. The number of hydrazine groups is 1. The van der Waals surface area contributed by atoms with Gasteiger partial charge in [0.2, 0.25) is 0 Å². The highest BCUT2D eigenvalue weighted by Crippen LogP contribution is 2.41. The van der Waals surface area contributed by atoms with E-state index in [0.29, 0.717) is 15.9 Å². The largest absolute Gasteiger partial charge is 0.336 e. The van der Waals surface area contributed by atoms with E-state index in [1.165, 1.54) is 0 Å². The van der Waals surface area contributed by atoms with E-state index in [-0.39, 0.29) is 18.5 Å². The van der Waals surface area contributed by atoms with Crippen LogP contribution in [0.25, 0.3) is 0 Å². The number of amides is 1. The molecule has 1 amide bonds. The van der Waals surface area contributed by atoms with Gasteiger partial charge in [0.05, 0.1) is 11.7 Å². The van der Waals surface area contributed by atoms with Crippen molar-refractivity contribution in [3.8, 4) is 0 Å². The van der Waals surface area contributed by atoms with Crippen molar-refractivity contribution in [2.24, 2.45) is 10.8 Å². The minimum absolute atomic E-state index is 0.0312. The van der Waals surface area contributed by atoms with Gasteiger partial charge in [0, 0.05) is 21.2 Å². The summed E-state index contributed by atoms with van der Waals surface area (Å²) in [5, 5.41) is 1.24. The number of nitrogens with two attached hydrogens (primary N) is 1. The molecule has 0 aromatic heterocycles. The summed E-state index contributed by atoms with van der Waals surface area (Å²) in [7, 11) is 0. The quantitative estimate of drug-likeness (QED) is 0.368. The Hall–Kier alpha value is -2.86. The van der Waals surface area contributed by atoms with Crippen LogP contribution in [0.3, 0.4) is 0 Å². The van der Waals surface area contributed by atoms with Crippen molar-refractivity contribution in [1.29, 1.82) is 0 Å². The maximum Gasteiger partial charge on any atom is 0.253 e. The zero-order valence-electron chi connectivity index (χ0n) is 15.3. The second-order valence-corrected chi connectivity index (χ2v) is 7.53. The van der Waals surface area contributed by atoms with Gasteiger partial charge >= 0.3 is 0 Å². The number of hydrogen-bond donors (Lipinski definition) is 2. The van der Waals surface area contributed by atoms with Crippen LogP contribution in [-0.2, 0) is 4.79 Å². The van der Waals surface area contributed by atoms with E-state index in [1.807, 2.05) is 65.6 Å². The highest BCUT2D eigenvalue weighted by molar-refractivity contribution is 6.31. The summed E-state index contributed by atoms with van der Waals surface area (Å²) in [5.74, 6) is 5.73. The lowest BCUT2D eigenvalue weighted by Gasteiger charge is -2.38. The van der Waals surface area contributed by atoms with Gasteiger partial charge in [-0.05, 0) is 48.0 Å². The number of carbonyl (C=O) groups is 1. The highest BCUT2D eigenvalue weighted by Gasteiger charge is 2.33. The van der Waals surface area contributed by atoms with Gasteiger partial charge in [0.25, 0.3) is 5.91 Å². The molecule has 7 heteroatoms. The minimum atomic E-state index is -0.321. The van der Waals surface area contributed by atoms with E-state index in [0.717, 1.165) is 22.4 Å². The summed E-state index contributed by atoms with van der Waals surface area (Å²) in [4.78, 5) is 19.1. The Bertz CT molecular complexity index is 1070. The molecule has 0 aliphatic carbocycles. The third-order valence-electron chi connectivity index (χ3n) is 4.79. The Morgan fingerprint density at radius 2 is 1.69 bits per heavy atom. The van der Waals surface area contributed by atoms with Gasteiger partial charge in [-0.2, -0.15) is 0 Å². The smallest absolute Gasteiger partial charge is 0.253 e. The first-order valence-corrected chi connectivity index (χ1v) is 9.77. The van der Waals surface area contributed by atoms with Crippen molar-refractivity contribution in [2.45, 2.75) is 6.04 Å². The van der Waals surface area contributed by atoms with Crippen LogP contribution in [0.5, 0.6) is 0 Å². The summed E-state index contributed by atoms with van der Waals surface area (Å²) < 4.78 is 0. The van der Waals surface area contributed by atoms with Crippen LogP contribution in [0.1, 0.15) is 22.7 Å². The zero-order chi connectivity index (χ0) is 20.4. The second kappa shape index (κ2) is 8.25. The van der Waals surface area contributed by atoms with Gasteiger partial charge in [0.1, 0.15) is 12.4 Å². The van der Waals surface area contributed by atoms with Crippen molar-refractivity contribution < 1.29 is 4.79 Å². The number of carbonyl (C=O) groups excluding carboxylic acids is 1. The first-order chi connectivity index (χ1) is 14.1. The monoisotopic (exact) mass is 424 g/mol. The molecule has 5 nitrogen and oxygen atoms in total. The predicted octanol–water partition coefficient (Wildman–Crippen LogP) is 4.47. The molecule has 0 saturated carbocycles. The Morgan fingerprint density at radius 3 is 2.38 bits per heavy atom. The van der Waals surface area contributed by atoms with Gasteiger partial charge in [-0.1, -0.05) is 53.5 Å². The molecule has 0 bridgehead atoms. The number of hydrogen-bond acceptors (Lipinski definition) is 4. The average molecular weight is 425 g/mol. The fourth-order valence-electron chi connectivity index (χ4n) is 3.51. The normalized spacial score (nSPS) is 15.5. The lowest BCUT2D eigenvalue weighted by Crippen LogP contribution is -2.46. The molecular weight excluding hydrogens is 407 g/mol. The van der Waals surface area contributed by atoms with Crippen LogP contribution in [0, 0.1) is 0 Å². The molecule has 0 unspecified atom stereocenters. The van der Waals surface area contributed by atoms with E-state index in [9.17, 15) is 4.79 Å². The number of nitrogens with zero attached hydrogens (tertiary/aromatic N) is 2. The van der Waals surface area contributed by atoms with Crippen LogP contribution < -0.4 is 11.3 Å². The van der Waals surface area contributed by atoms with Crippen molar-refractivity contribution in [1.82, 2.24) is 10.3 Å². The van der Waals surface area contributed by atoms with Crippen LogP contribution >= 0.6 is 23.2 Å². The number of aliphatic imine (C=N–C) groups is 1. The fourth-order valence-corrected chi connectivity index (χ4v) is 3.81. The van der Waals surface area contributed by atoms with E-state index in [4.69, 9.17) is 34.0 Å². The summed E-state index contributed by atoms with van der Waals surface area (Å²) in [5.41, 5.74) is 5.81. The molecule has 3 aromatic carbocycles. The zero-order valence-corrected chi connectivity index (χ0v) is 16.9. The number of rotatable bonds is 4. The predicted molar refractivity (Wildman–Crippen MR) is 116 cm³/mol. The van der Waals surface area contributed by atoms with Gasteiger partial charge in [-0.25, -0.2) is 10.8 Å². The van der Waals surface area contributed by atoms with Crippen molar-refractivity contribution in [3.05, 3.63) is 99.5 Å². The molecule has 1 aliphatic heterocycles. The maximum absolute atomic E-state index is 12.3. The van der Waals surface area contributed by atoms with E-state index < -0.39 is 0 Å². The third kappa shape index (κ3) is 3.98. The third-order valence-corrected chi connectivity index (χ3v) is 5.27. The molecule has 1 aliphatic rings. The summed E-state index contributed by atoms with van der Waals surface area (Å²) in [6.45, 7) is 0.0312. The number of amidine groups is 1. The van der Waals surface area contributed by atoms with Crippen LogP contribution in [-0.4, -0.2) is 23.2 Å². The molecule has 1 heterocycles. The average Bonchev–Trinajstić information content (AvgIpc) is 2.74. The molecule has 146 valence electrons. The SMILES string of the molecule is NNC(=O)CN1C(c2ccc(Cl)cc2)=Nc2ccc(Cl)cc2[C@H]1c1ccccc1. The van der Waals surface area contributed by atoms with Gasteiger partial charge in [-0.15, -0.1) is 0 Å². The van der Waals surface area contributed by atoms with E-state index in [2.05, 4.69) is 5.43 Å². The minimum Gasteiger partial charge on any atom is -0.336 e. The molecule has 1 atom stereocenters. The van der Waals surface area contributed by atoms with Crippen LogP contribution in [0.4, 0.5) is 5.69 Å². The number of nitrogens with one attached hydrogen (secondary N) is 1. The molecule has 29 heavy (non-hydrogen) atoms. The first kappa shape index (κ1) is 19.5. The molecular formula is C22H18Cl2N4O. The molecule has 0 radical (unpaired) electrons. The topological polar surface area (TPSA) is 70.7 Å². The molecule has 4 rings (SSSR count). The lowest BCUT2D eigenvalue weighted by atomic mass is 9.93. The van der Waals surface area contributed by atoms with Crippen molar-refractivity contribution in [3.63, 3.8) is 0 Å². The molecule has 3 N–H and O–H groups in total. The Balaban J connectivity index is 1.94. The van der Waals surface area contributed by atoms with Crippen LogP contribution in [0.2, 0.25) is 10.0 Å². The van der Waals surface area contributed by atoms with Crippen molar-refractivity contribution >= 4 is 40.6 Å². The molecule has 0 fully saturated rings. The first-order valence-electron chi connectivity index (χ1n) is 9.02. The fraction of sp³-hybridized carbons (Fsp3) is 0.0909. The maximum atomic E-state index is 12.3. The van der Waals surface area contributed by atoms with Crippen LogP contribution in [0.15, 0.2) is 77.8 Å². The Morgan fingerprint density at radius 1 is 1.00 bits per heavy atom. The molecule has 3 aromatic rings. The van der Waals surface area contributed by atoms with Crippen molar-refractivity contribution in [2.75, 3.05) is 6.54 Å². The number of fused-ring (bicyclic) bond motifs is 1. The van der Waals surface area contributed by atoms with Gasteiger partial charge < -0.3 is 4.90 Å².